The summed E-state index contributed by atoms with van der Waals surface area (Å²) >= 11 is 0. The molecule has 45 valence electrons. The van der Waals surface area contributed by atoms with Crippen molar-refractivity contribution in [3.05, 3.63) is 24.3 Å². The van der Waals surface area contributed by atoms with Gasteiger partial charge < -0.3 is 5.73 Å². The summed E-state index contributed by atoms with van der Waals surface area (Å²) in [6.45, 7) is 0. The summed E-state index contributed by atoms with van der Waals surface area (Å²) in [5, 5.41) is 6.87. The van der Waals surface area contributed by atoms with E-state index in [-0.39, 0.29) is 11.7 Å². The molecule has 0 saturated heterocycles. The second-order valence-corrected chi connectivity index (χ2v) is 1.42. The molecule has 1 rings (SSSR count). The normalized spacial score (nSPS) is 8.89. The van der Waals surface area contributed by atoms with Gasteiger partial charge in [-0.25, -0.2) is 9.97 Å². The Morgan fingerprint density at radius 1 is 1.56 bits per heavy atom. The fourth-order valence-electron chi connectivity index (χ4n) is 0.403. The highest BCUT2D eigenvalue weighted by Gasteiger charge is 1.93. The number of hydrogen-bond acceptors (Lipinski definition) is 3. The van der Waals surface area contributed by atoms with E-state index in [1.807, 2.05) is 0 Å². The lowest BCUT2D eigenvalue weighted by Gasteiger charge is -1.90. The highest BCUT2D eigenvalue weighted by molar-refractivity contribution is 5.90. The minimum atomic E-state index is -0.121. The van der Waals surface area contributed by atoms with Crippen LogP contribution in [0.3, 0.4) is 0 Å². The van der Waals surface area contributed by atoms with Crippen molar-refractivity contribution in [1.29, 1.82) is 5.41 Å². The number of amidine groups is 1. The van der Waals surface area contributed by atoms with Crippen molar-refractivity contribution in [3.63, 3.8) is 0 Å². The number of nitrogens with two attached hydrogens (primary N) is 1. The van der Waals surface area contributed by atoms with Gasteiger partial charge in [0.05, 0.1) is 0 Å². The van der Waals surface area contributed by atoms with Crippen molar-refractivity contribution in [2.45, 2.75) is 0 Å². The molecule has 0 aliphatic carbocycles. The Bertz CT molecular complexity index is 205. The van der Waals surface area contributed by atoms with Crippen molar-refractivity contribution in [1.82, 2.24) is 9.97 Å². The van der Waals surface area contributed by atoms with Gasteiger partial charge in [-0.1, -0.05) is 0 Å². The lowest BCUT2D eigenvalue weighted by molar-refractivity contribution is 1.11. The van der Waals surface area contributed by atoms with Gasteiger partial charge in [-0.3, -0.25) is 5.41 Å². The van der Waals surface area contributed by atoms with Crippen molar-refractivity contribution < 1.29 is 0 Å². The quantitative estimate of drug-likeness (QED) is 0.390. The Morgan fingerprint density at radius 3 is 2.44 bits per heavy atom. The number of nitrogens with zero attached hydrogens (tertiary/aromatic N) is 2. The van der Waals surface area contributed by atoms with Gasteiger partial charge >= 0.3 is 0 Å². The summed E-state index contributed by atoms with van der Waals surface area (Å²) < 4.78 is 0. The van der Waals surface area contributed by atoms with E-state index in [1.165, 1.54) is 12.4 Å². The molecule has 0 saturated carbocycles. The minimum Gasteiger partial charge on any atom is -0.381 e. The maximum absolute atomic E-state index is 6.87. The van der Waals surface area contributed by atoms with E-state index >= 15 is 0 Å². The molecule has 0 aliphatic rings. The first-order valence-electron chi connectivity index (χ1n) is 2.33. The molecule has 1 radical (unpaired) electrons. The van der Waals surface area contributed by atoms with Gasteiger partial charge in [0.2, 0.25) is 0 Å². The van der Waals surface area contributed by atoms with E-state index in [9.17, 15) is 0 Å². The van der Waals surface area contributed by atoms with Gasteiger partial charge in [0.15, 0.2) is 11.7 Å². The molecule has 9 heavy (non-hydrogen) atoms. The number of hydrogen-bond donors (Lipinski definition) is 2. The molecule has 3 N–H and O–H groups in total. The van der Waals surface area contributed by atoms with Crippen LogP contribution in [0.2, 0.25) is 0 Å². The summed E-state index contributed by atoms with van der Waals surface area (Å²) in [5.74, 6) is 0.123. The predicted molar refractivity (Wildman–Crippen MR) is 31.9 cm³/mol. The highest BCUT2D eigenvalue weighted by atomic mass is 14.9. The van der Waals surface area contributed by atoms with Crippen LogP contribution in [0.4, 0.5) is 0 Å². The second kappa shape index (κ2) is 2.21. The molecule has 0 aromatic carbocycles. The van der Waals surface area contributed by atoms with Crippen LogP contribution in [0.25, 0.3) is 0 Å². The third-order valence-corrected chi connectivity index (χ3v) is 0.764. The third-order valence-electron chi connectivity index (χ3n) is 0.764. The molecule has 1 aromatic heterocycles. The zero-order valence-electron chi connectivity index (χ0n) is 4.63. The van der Waals surface area contributed by atoms with Crippen LogP contribution >= 0.6 is 0 Å². The van der Waals surface area contributed by atoms with Gasteiger partial charge in [0.1, 0.15) is 0 Å². The van der Waals surface area contributed by atoms with E-state index in [1.54, 1.807) is 0 Å². The lowest BCUT2D eigenvalue weighted by Crippen LogP contribution is -2.14. The van der Waals surface area contributed by atoms with E-state index in [0.29, 0.717) is 0 Å². The van der Waals surface area contributed by atoms with Crippen LogP contribution in [0.1, 0.15) is 5.82 Å². The van der Waals surface area contributed by atoms with Crippen LogP contribution in [-0.2, 0) is 0 Å². The van der Waals surface area contributed by atoms with Crippen LogP contribution in [0.15, 0.2) is 12.4 Å². The molecule has 0 amide bonds. The first-order valence-corrected chi connectivity index (χ1v) is 2.33. The Morgan fingerprint density at radius 2 is 2.11 bits per heavy atom. The standard InChI is InChI=1S/C5H5N4/c6-4(7)5-8-2-1-3-9-5/h2-3H,(H3,6,7). The number of aromatic nitrogens is 2. The number of nitrogens with one attached hydrogen (secondary N) is 1. The number of nitrogen functional groups attached to an aromatic ring is 1. The average molecular weight is 121 g/mol. The SMILES string of the molecule is N=C(N)c1nc[c]cn1. The summed E-state index contributed by atoms with van der Waals surface area (Å²) in [4.78, 5) is 7.32. The molecule has 0 bridgehead atoms. The Hall–Kier alpha value is -1.45. The third kappa shape index (κ3) is 1.22. The van der Waals surface area contributed by atoms with Crippen LogP contribution in [-0.4, -0.2) is 15.8 Å². The maximum Gasteiger partial charge on any atom is 0.194 e. The highest BCUT2D eigenvalue weighted by Crippen LogP contribution is 1.81. The minimum absolute atomic E-state index is 0.121. The average Bonchev–Trinajstić information content (AvgIpc) is 1.90. The zero-order chi connectivity index (χ0) is 6.69. The predicted octanol–water partition coefficient (Wildman–Crippen LogP) is -0.439. The van der Waals surface area contributed by atoms with Crippen molar-refractivity contribution >= 4 is 5.84 Å². The first-order chi connectivity index (χ1) is 4.30. The molecule has 4 heteroatoms. The smallest absolute Gasteiger partial charge is 0.194 e. The molecule has 0 unspecified atom stereocenters. The van der Waals surface area contributed by atoms with Gasteiger partial charge in [0.25, 0.3) is 0 Å². The van der Waals surface area contributed by atoms with E-state index in [0.717, 1.165) is 0 Å². The second-order valence-electron chi connectivity index (χ2n) is 1.42. The molecule has 4 nitrogen and oxygen atoms in total. The van der Waals surface area contributed by atoms with Gasteiger partial charge in [-0.2, -0.15) is 0 Å². The van der Waals surface area contributed by atoms with E-state index < -0.39 is 0 Å². The topological polar surface area (TPSA) is 75.7 Å². The Kier molecular flexibility index (Phi) is 1.40. The largest absolute Gasteiger partial charge is 0.381 e. The summed E-state index contributed by atoms with van der Waals surface area (Å²) in [6, 6.07) is 2.61. The van der Waals surface area contributed by atoms with Crippen LogP contribution < -0.4 is 5.73 Å². The summed E-state index contributed by atoms with van der Waals surface area (Å²) in [7, 11) is 0. The monoisotopic (exact) mass is 121 g/mol. The fourth-order valence-corrected chi connectivity index (χ4v) is 0.403. The lowest BCUT2D eigenvalue weighted by atomic mass is 10.5. The Balaban J connectivity index is 2.98. The van der Waals surface area contributed by atoms with E-state index in [2.05, 4.69) is 16.0 Å². The van der Waals surface area contributed by atoms with Crippen LogP contribution in [0.5, 0.6) is 0 Å². The summed E-state index contributed by atoms with van der Waals surface area (Å²) in [6.07, 6.45) is 2.84. The van der Waals surface area contributed by atoms with Crippen LogP contribution in [0, 0.1) is 11.5 Å². The molecule has 1 aromatic rings. The van der Waals surface area contributed by atoms with Gasteiger partial charge in [0, 0.05) is 18.5 Å². The Labute approximate surface area is 52.3 Å². The van der Waals surface area contributed by atoms with Crippen molar-refractivity contribution in [3.8, 4) is 0 Å². The maximum atomic E-state index is 6.87. The number of rotatable bonds is 1. The van der Waals surface area contributed by atoms with Crippen molar-refractivity contribution in [2.75, 3.05) is 0 Å². The molecule has 0 aliphatic heterocycles. The zero-order valence-corrected chi connectivity index (χ0v) is 4.63. The molecule has 0 spiro atoms. The molecular formula is C5H5N4. The summed E-state index contributed by atoms with van der Waals surface area (Å²) in [5.41, 5.74) is 5.06. The fraction of sp³-hybridized carbons (Fsp3) is 0. The molecule has 0 atom stereocenters. The van der Waals surface area contributed by atoms with Gasteiger partial charge in [-0.15, -0.1) is 0 Å². The van der Waals surface area contributed by atoms with Crippen molar-refractivity contribution in [2.24, 2.45) is 5.73 Å². The molecule has 0 fully saturated rings. The van der Waals surface area contributed by atoms with Gasteiger partial charge in [-0.05, 0) is 0 Å². The first kappa shape index (κ1) is 5.68. The molecular weight excluding hydrogens is 116 g/mol. The van der Waals surface area contributed by atoms with E-state index in [4.69, 9.17) is 11.1 Å². The molecule has 1 heterocycles.